The highest BCUT2D eigenvalue weighted by molar-refractivity contribution is 5.94. The van der Waals surface area contributed by atoms with Crippen LogP contribution in [-0.2, 0) is 4.79 Å². The molecule has 1 fully saturated rings. The highest BCUT2D eigenvalue weighted by Crippen LogP contribution is 2.35. The molecule has 1 aromatic heterocycles. The molecule has 2 heterocycles. The molecule has 1 amide bonds. The number of aryl methyl sites for hydroxylation is 1. The Hall–Kier alpha value is -4.12. The number of nitrogens with zero attached hydrogens (tertiary/aromatic N) is 4. The first-order chi connectivity index (χ1) is 16.4. The number of carbonyl (C=O) groups excluding carboxylic acids is 1. The molecule has 0 unspecified atom stereocenters. The van der Waals surface area contributed by atoms with Crippen LogP contribution in [0.15, 0.2) is 48.5 Å². The van der Waals surface area contributed by atoms with Crippen LogP contribution in [0.5, 0.6) is 0 Å². The number of anilines is 1. The summed E-state index contributed by atoms with van der Waals surface area (Å²) < 4.78 is 46.1. The number of hydrogen-bond acceptors (Lipinski definition) is 3. The van der Waals surface area contributed by atoms with E-state index in [1.807, 2.05) is 0 Å². The second kappa shape index (κ2) is 8.34. The number of rotatable bonds is 3. The van der Waals surface area contributed by atoms with E-state index in [4.69, 9.17) is 5.26 Å². The summed E-state index contributed by atoms with van der Waals surface area (Å²) in [6.07, 6.45) is 2.09. The Kier molecular flexibility index (Phi) is 5.33. The quantitative estimate of drug-likeness (QED) is 0.388. The van der Waals surface area contributed by atoms with Gasteiger partial charge in [-0.05, 0) is 56.2 Å². The Morgan fingerprint density at radius 2 is 1.71 bits per heavy atom. The van der Waals surface area contributed by atoms with Crippen molar-refractivity contribution in [2.45, 2.75) is 26.2 Å². The largest absolute Gasteiger partial charge is 0.312 e. The third kappa shape index (κ3) is 3.50. The summed E-state index contributed by atoms with van der Waals surface area (Å²) in [6, 6.07) is 13.1. The van der Waals surface area contributed by atoms with Gasteiger partial charge in [0.05, 0.1) is 16.9 Å². The standard InChI is InChI=1S/C26H19F3N4O/c1-15-19-8-9-21(20-7-5-17(13-23(20)28)32-11-3-2-4-24(32)34)25(29)26(19)33(31-15)18-6-10-22(27)16(12-18)14-30/h5-10,12-13H,2-4,11H2,1H3. The Labute approximate surface area is 193 Å². The molecule has 0 N–H and O–H groups in total. The molecule has 3 aromatic carbocycles. The van der Waals surface area contributed by atoms with Crippen molar-refractivity contribution >= 4 is 22.5 Å². The van der Waals surface area contributed by atoms with Gasteiger partial charge in [0.1, 0.15) is 23.2 Å². The molecule has 170 valence electrons. The summed E-state index contributed by atoms with van der Waals surface area (Å²) in [5, 5.41) is 14.0. The smallest absolute Gasteiger partial charge is 0.226 e. The maximum absolute atomic E-state index is 15.8. The fourth-order valence-electron chi connectivity index (χ4n) is 4.41. The predicted octanol–water partition coefficient (Wildman–Crippen LogP) is 5.81. The van der Waals surface area contributed by atoms with Crippen LogP contribution in [0.2, 0.25) is 0 Å². The van der Waals surface area contributed by atoms with Gasteiger partial charge < -0.3 is 4.90 Å². The van der Waals surface area contributed by atoms with Gasteiger partial charge in [-0.2, -0.15) is 10.4 Å². The number of halogens is 3. The van der Waals surface area contributed by atoms with Crippen molar-refractivity contribution in [1.29, 1.82) is 5.26 Å². The topological polar surface area (TPSA) is 61.9 Å². The zero-order valence-corrected chi connectivity index (χ0v) is 18.3. The van der Waals surface area contributed by atoms with Crippen LogP contribution in [0.4, 0.5) is 18.9 Å². The van der Waals surface area contributed by atoms with E-state index in [0.29, 0.717) is 35.4 Å². The monoisotopic (exact) mass is 460 g/mol. The van der Waals surface area contributed by atoms with Gasteiger partial charge in [-0.25, -0.2) is 17.9 Å². The van der Waals surface area contributed by atoms with Gasteiger partial charge in [-0.1, -0.05) is 12.1 Å². The molecule has 0 saturated carbocycles. The number of carbonyl (C=O) groups is 1. The second-order valence-electron chi connectivity index (χ2n) is 8.26. The number of hydrogen-bond donors (Lipinski definition) is 0. The Morgan fingerprint density at radius 1 is 0.941 bits per heavy atom. The molecule has 0 atom stereocenters. The van der Waals surface area contributed by atoms with Crippen LogP contribution in [0.3, 0.4) is 0 Å². The van der Waals surface area contributed by atoms with Gasteiger partial charge in [0.25, 0.3) is 0 Å². The summed E-state index contributed by atoms with van der Waals surface area (Å²) in [4.78, 5) is 13.7. The van der Waals surface area contributed by atoms with Crippen molar-refractivity contribution in [2.24, 2.45) is 0 Å². The van der Waals surface area contributed by atoms with Crippen LogP contribution in [-0.4, -0.2) is 22.2 Å². The zero-order chi connectivity index (χ0) is 24.0. The zero-order valence-electron chi connectivity index (χ0n) is 18.3. The number of aromatic nitrogens is 2. The molecule has 5 nitrogen and oxygen atoms in total. The lowest BCUT2D eigenvalue weighted by atomic mass is 10.0. The Balaban J connectivity index is 1.63. The Bertz CT molecular complexity index is 1500. The van der Waals surface area contributed by atoms with Gasteiger partial charge >= 0.3 is 0 Å². The molecule has 0 spiro atoms. The van der Waals surface area contributed by atoms with Gasteiger partial charge in [0, 0.05) is 35.2 Å². The first-order valence-corrected chi connectivity index (χ1v) is 10.9. The normalized spacial score (nSPS) is 14.0. The van der Waals surface area contributed by atoms with E-state index < -0.39 is 17.5 Å². The molecule has 1 saturated heterocycles. The van der Waals surface area contributed by atoms with E-state index in [1.165, 1.54) is 35.0 Å². The van der Waals surface area contributed by atoms with Crippen molar-refractivity contribution < 1.29 is 18.0 Å². The summed E-state index contributed by atoms with van der Waals surface area (Å²) in [5.74, 6) is -2.08. The summed E-state index contributed by atoms with van der Waals surface area (Å²) in [5.41, 5.74) is 1.28. The van der Waals surface area contributed by atoms with Crippen LogP contribution in [0.25, 0.3) is 27.7 Å². The van der Waals surface area contributed by atoms with Crippen molar-refractivity contribution in [3.8, 4) is 22.9 Å². The lowest BCUT2D eigenvalue weighted by Gasteiger charge is -2.27. The summed E-state index contributed by atoms with van der Waals surface area (Å²) in [7, 11) is 0. The molecule has 1 aliphatic heterocycles. The van der Waals surface area contributed by atoms with Gasteiger partial charge in [0.2, 0.25) is 5.91 Å². The molecule has 4 aromatic rings. The van der Waals surface area contributed by atoms with Crippen LogP contribution in [0.1, 0.15) is 30.5 Å². The number of benzene rings is 3. The first kappa shape index (κ1) is 21.7. The Morgan fingerprint density at radius 3 is 2.44 bits per heavy atom. The highest BCUT2D eigenvalue weighted by Gasteiger charge is 2.23. The number of amides is 1. The van der Waals surface area contributed by atoms with E-state index in [2.05, 4.69) is 5.10 Å². The van der Waals surface area contributed by atoms with Gasteiger partial charge in [-0.15, -0.1) is 0 Å². The fraction of sp³-hybridized carbons (Fsp3) is 0.192. The fourth-order valence-corrected chi connectivity index (χ4v) is 4.41. The lowest BCUT2D eigenvalue weighted by Crippen LogP contribution is -2.35. The highest BCUT2D eigenvalue weighted by atomic mass is 19.1. The molecule has 0 bridgehead atoms. The van der Waals surface area contributed by atoms with E-state index in [1.54, 1.807) is 30.0 Å². The van der Waals surface area contributed by atoms with Crippen molar-refractivity contribution in [1.82, 2.24) is 9.78 Å². The average Bonchev–Trinajstić information content (AvgIpc) is 3.17. The van der Waals surface area contributed by atoms with Crippen LogP contribution in [0, 0.1) is 35.7 Å². The minimum Gasteiger partial charge on any atom is -0.312 e. The molecular weight excluding hydrogens is 441 g/mol. The minimum absolute atomic E-state index is 0.0327. The van der Waals surface area contributed by atoms with Crippen LogP contribution < -0.4 is 4.90 Å². The van der Waals surface area contributed by atoms with E-state index >= 15 is 8.78 Å². The maximum atomic E-state index is 15.8. The van der Waals surface area contributed by atoms with Gasteiger partial charge in [0.15, 0.2) is 5.82 Å². The summed E-state index contributed by atoms with van der Waals surface area (Å²) >= 11 is 0. The first-order valence-electron chi connectivity index (χ1n) is 10.9. The van der Waals surface area contributed by atoms with Crippen molar-refractivity contribution in [3.63, 3.8) is 0 Å². The molecule has 1 aliphatic rings. The van der Waals surface area contributed by atoms with Gasteiger partial charge in [-0.3, -0.25) is 4.79 Å². The number of piperidine rings is 1. The summed E-state index contributed by atoms with van der Waals surface area (Å²) in [6.45, 7) is 2.23. The lowest BCUT2D eigenvalue weighted by molar-refractivity contribution is -0.119. The molecule has 8 heteroatoms. The second-order valence-corrected chi connectivity index (χ2v) is 8.26. The molecular formula is C26H19F3N4O. The molecule has 5 rings (SSSR count). The van der Waals surface area contributed by atoms with E-state index in [-0.39, 0.29) is 28.1 Å². The third-order valence-corrected chi connectivity index (χ3v) is 6.16. The van der Waals surface area contributed by atoms with Crippen molar-refractivity contribution in [3.05, 3.63) is 77.2 Å². The third-order valence-electron chi connectivity index (χ3n) is 6.16. The average molecular weight is 460 g/mol. The number of fused-ring (bicyclic) bond motifs is 1. The molecule has 0 radical (unpaired) electrons. The molecule has 34 heavy (non-hydrogen) atoms. The molecule has 0 aliphatic carbocycles. The predicted molar refractivity (Wildman–Crippen MR) is 122 cm³/mol. The minimum atomic E-state index is -0.693. The SMILES string of the molecule is Cc1nn(-c2ccc(F)c(C#N)c2)c2c(F)c(-c3ccc(N4CCCCC4=O)cc3F)ccc12. The van der Waals surface area contributed by atoms with E-state index in [0.717, 1.165) is 18.9 Å². The van der Waals surface area contributed by atoms with Crippen molar-refractivity contribution in [2.75, 3.05) is 11.4 Å². The van der Waals surface area contributed by atoms with Crippen LogP contribution >= 0.6 is 0 Å². The maximum Gasteiger partial charge on any atom is 0.226 e. The number of nitriles is 1. The van der Waals surface area contributed by atoms with E-state index in [9.17, 15) is 9.18 Å².